The molecule has 0 radical (unpaired) electrons. The van der Waals surface area contributed by atoms with Gasteiger partial charge in [-0.05, 0) is 48.9 Å². The number of sulfone groups is 1. The van der Waals surface area contributed by atoms with Gasteiger partial charge in [-0.1, -0.05) is 0 Å². The second-order valence-electron chi connectivity index (χ2n) is 4.83. The summed E-state index contributed by atoms with van der Waals surface area (Å²) in [5, 5.41) is 3.17. The number of ether oxygens (including phenoxy) is 1. The van der Waals surface area contributed by atoms with E-state index in [4.69, 9.17) is 10.5 Å². The molecule has 2 aromatic rings. The molecule has 3 N–H and O–H groups in total. The molecule has 0 fully saturated rings. The van der Waals surface area contributed by atoms with Gasteiger partial charge < -0.3 is 15.8 Å². The lowest BCUT2D eigenvalue weighted by molar-refractivity contribution is 0.412. The Morgan fingerprint density at radius 3 is 2.38 bits per heavy atom. The van der Waals surface area contributed by atoms with E-state index in [1.54, 1.807) is 13.2 Å². The van der Waals surface area contributed by atoms with Crippen LogP contribution in [-0.2, 0) is 9.84 Å². The summed E-state index contributed by atoms with van der Waals surface area (Å²) >= 11 is 0. The first-order chi connectivity index (χ1) is 9.81. The minimum Gasteiger partial charge on any atom is -0.496 e. The third-order valence-electron chi connectivity index (χ3n) is 3.13. The van der Waals surface area contributed by atoms with E-state index in [1.165, 1.54) is 12.1 Å². The van der Waals surface area contributed by atoms with Crippen molar-refractivity contribution >= 4 is 26.9 Å². The predicted octanol–water partition coefficient (Wildman–Crippen LogP) is 2.73. The van der Waals surface area contributed by atoms with Crippen LogP contribution in [0.3, 0.4) is 0 Å². The van der Waals surface area contributed by atoms with Crippen LogP contribution in [0.2, 0.25) is 0 Å². The quantitative estimate of drug-likeness (QED) is 0.849. The molecule has 0 aliphatic rings. The summed E-state index contributed by atoms with van der Waals surface area (Å²) in [5.41, 5.74) is 8.80. The molecule has 0 heterocycles. The van der Waals surface area contributed by atoms with Crippen molar-refractivity contribution < 1.29 is 13.2 Å². The zero-order valence-electron chi connectivity index (χ0n) is 12.2. The minimum absolute atomic E-state index is 0.205. The summed E-state index contributed by atoms with van der Waals surface area (Å²) in [6, 6.07) is 10.3. The van der Waals surface area contributed by atoms with Gasteiger partial charge in [0.05, 0.1) is 23.4 Å². The lowest BCUT2D eigenvalue weighted by atomic mass is 10.2. The van der Waals surface area contributed by atoms with Crippen LogP contribution in [0.4, 0.5) is 17.1 Å². The molecule has 0 aromatic heterocycles. The van der Waals surface area contributed by atoms with Crippen LogP contribution in [0.1, 0.15) is 5.56 Å². The number of rotatable bonds is 4. The van der Waals surface area contributed by atoms with Gasteiger partial charge in [0.15, 0.2) is 9.84 Å². The fourth-order valence-corrected chi connectivity index (χ4v) is 2.65. The number of hydrogen-bond donors (Lipinski definition) is 2. The van der Waals surface area contributed by atoms with Crippen LogP contribution in [0.15, 0.2) is 41.3 Å². The van der Waals surface area contributed by atoms with Crippen LogP contribution in [0, 0.1) is 6.92 Å². The molecule has 5 nitrogen and oxygen atoms in total. The first kappa shape index (κ1) is 15.2. The van der Waals surface area contributed by atoms with E-state index in [9.17, 15) is 8.42 Å². The van der Waals surface area contributed by atoms with E-state index in [0.29, 0.717) is 11.4 Å². The van der Waals surface area contributed by atoms with Gasteiger partial charge >= 0.3 is 0 Å². The van der Waals surface area contributed by atoms with Crippen molar-refractivity contribution in [3.8, 4) is 5.75 Å². The summed E-state index contributed by atoms with van der Waals surface area (Å²) in [4.78, 5) is 0.205. The SMILES string of the molecule is COc1ccc(Nc2ccc(S(C)(=O)=O)cc2N)cc1C. The summed E-state index contributed by atoms with van der Waals surface area (Å²) in [6.07, 6.45) is 1.15. The molecule has 112 valence electrons. The molecule has 6 heteroatoms. The molecule has 2 rings (SSSR count). The number of methoxy groups -OCH3 is 1. The molecule has 0 spiro atoms. The normalized spacial score (nSPS) is 11.2. The lowest BCUT2D eigenvalue weighted by Gasteiger charge is -2.12. The van der Waals surface area contributed by atoms with Crippen LogP contribution in [-0.4, -0.2) is 21.8 Å². The Morgan fingerprint density at radius 2 is 1.86 bits per heavy atom. The highest BCUT2D eigenvalue weighted by Crippen LogP contribution is 2.28. The second kappa shape index (κ2) is 5.65. The number of nitrogens with one attached hydrogen (secondary N) is 1. The minimum atomic E-state index is -3.25. The molecule has 21 heavy (non-hydrogen) atoms. The summed E-state index contributed by atoms with van der Waals surface area (Å²) in [5.74, 6) is 0.806. The van der Waals surface area contributed by atoms with E-state index < -0.39 is 9.84 Å². The van der Waals surface area contributed by atoms with Crippen molar-refractivity contribution in [3.05, 3.63) is 42.0 Å². The van der Waals surface area contributed by atoms with Gasteiger partial charge in [-0.15, -0.1) is 0 Å². The first-order valence-electron chi connectivity index (χ1n) is 6.32. The van der Waals surface area contributed by atoms with Crippen molar-refractivity contribution in [2.24, 2.45) is 0 Å². The third kappa shape index (κ3) is 3.46. The summed E-state index contributed by atoms with van der Waals surface area (Å²) < 4.78 is 28.2. The zero-order chi connectivity index (χ0) is 15.6. The molecular weight excluding hydrogens is 288 g/mol. The highest BCUT2D eigenvalue weighted by atomic mass is 32.2. The molecule has 2 aromatic carbocycles. The molecule has 0 saturated heterocycles. The maximum absolute atomic E-state index is 11.5. The highest BCUT2D eigenvalue weighted by molar-refractivity contribution is 7.90. The molecule has 0 unspecified atom stereocenters. The zero-order valence-corrected chi connectivity index (χ0v) is 13.0. The van der Waals surface area contributed by atoms with E-state index in [0.717, 1.165) is 23.3 Å². The monoisotopic (exact) mass is 306 g/mol. The van der Waals surface area contributed by atoms with Gasteiger partial charge in [-0.2, -0.15) is 0 Å². The molecule has 0 bridgehead atoms. The topological polar surface area (TPSA) is 81.4 Å². The Morgan fingerprint density at radius 1 is 1.14 bits per heavy atom. The standard InChI is InChI=1S/C15H18N2O3S/c1-10-8-11(4-7-15(10)20-2)17-14-6-5-12(9-13(14)16)21(3,18)19/h4-9,17H,16H2,1-3H3. The van der Waals surface area contributed by atoms with Gasteiger partial charge in [0.2, 0.25) is 0 Å². The van der Waals surface area contributed by atoms with Gasteiger partial charge in [0.1, 0.15) is 5.75 Å². The van der Waals surface area contributed by atoms with Crippen molar-refractivity contribution in [3.63, 3.8) is 0 Å². The number of anilines is 3. The van der Waals surface area contributed by atoms with Crippen molar-refractivity contribution in [1.82, 2.24) is 0 Å². The van der Waals surface area contributed by atoms with Crippen molar-refractivity contribution in [1.29, 1.82) is 0 Å². The summed E-state index contributed by atoms with van der Waals surface area (Å²) in [7, 11) is -1.63. The Bertz CT molecular complexity index is 770. The van der Waals surface area contributed by atoms with Gasteiger partial charge in [0, 0.05) is 11.9 Å². The van der Waals surface area contributed by atoms with Crippen LogP contribution in [0.25, 0.3) is 0 Å². The third-order valence-corrected chi connectivity index (χ3v) is 4.24. The molecule has 0 aliphatic carbocycles. The average molecular weight is 306 g/mol. The maximum Gasteiger partial charge on any atom is 0.175 e. The largest absolute Gasteiger partial charge is 0.496 e. The fourth-order valence-electron chi connectivity index (χ4n) is 2.00. The number of nitrogens with two attached hydrogens (primary N) is 1. The predicted molar refractivity (Wildman–Crippen MR) is 85.0 cm³/mol. The van der Waals surface area contributed by atoms with E-state index in [-0.39, 0.29) is 4.90 Å². The Hall–Kier alpha value is -2.21. The number of aryl methyl sites for hydroxylation is 1. The number of nitrogen functional groups attached to an aromatic ring is 1. The number of hydrogen-bond acceptors (Lipinski definition) is 5. The van der Waals surface area contributed by atoms with Crippen LogP contribution < -0.4 is 15.8 Å². The smallest absolute Gasteiger partial charge is 0.175 e. The first-order valence-corrected chi connectivity index (χ1v) is 8.21. The molecule has 0 amide bonds. The van der Waals surface area contributed by atoms with E-state index >= 15 is 0 Å². The summed E-state index contributed by atoms with van der Waals surface area (Å²) in [6.45, 7) is 1.94. The molecule has 0 aliphatic heterocycles. The molecule has 0 saturated carbocycles. The van der Waals surface area contributed by atoms with E-state index in [2.05, 4.69) is 5.32 Å². The lowest BCUT2D eigenvalue weighted by Crippen LogP contribution is -2.01. The molecule has 0 atom stereocenters. The Kier molecular flexibility index (Phi) is 4.09. The second-order valence-corrected chi connectivity index (χ2v) is 6.85. The molecular formula is C15H18N2O3S. The van der Waals surface area contributed by atoms with Crippen molar-refractivity contribution in [2.45, 2.75) is 11.8 Å². The highest BCUT2D eigenvalue weighted by Gasteiger charge is 2.10. The van der Waals surface area contributed by atoms with Gasteiger partial charge in [0.25, 0.3) is 0 Å². The van der Waals surface area contributed by atoms with Gasteiger partial charge in [-0.3, -0.25) is 0 Å². The van der Waals surface area contributed by atoms with Gasteiger partial charge in [-0.25, -0.2) is 8.42 Å². The van der Waals surface area contributed by atoms with Crippen LogP contribution in [0.5, 0.6) is 5.75 Å². The average Bonchev–Trinajstić information content (AvgIpc) is 2.40. The Balaban J connectivity index is 2.30. The van der Waals surface area contributed by atoms with Crippen molar-refractivity contribution in [2.75, 3.05) is 24.4 Å². The van der Waals surface area contributed by atoms with E-state index in [1.807, 2.05) is 25.1 Å². The maximum atomic E-state index is 11.5. The fraction of sp³-hybridized carbons (Fsp3) is 0.200. The number of benzene rings is 2. The Labute approximate surface area is 124 Å². The van der Waals surface area contributed by atoms with Crippen LogP contribution >= 0.6 is 0 Å².